The van der Waals surface area contributed by atoms with Crippen LogP contribution in [0.1, 0.15) is 46.1 Å². The van der Waals surface area contributed by atoms with Gasteiger partial charge in [-0.3, -0.25) is 0 Å². The number of carbonyl (C=O) groups excluding carboxylic acids is 2. The lowest BCUT2D eigenvalue weighted by atomic mass is 10.1. The van der Waals surface area contributed by atoms with E-state index in [0.29, 0.717) is 55.6 Å². The van der Waals surface area contributed by atoms with Crippen molar-refractivity contribution >= 4 is 38.7 Å². The van der Waals surface area contributed by atoms with Crippen molar-refractivity contribution in [3.63, 3.8) is 0 Å². The van der Waals surface area contributed by atoms with E-state index >= 15 is 0 Å². The van der Waals surface area contributed by atoms with Crippen LogP contribution in [0.15, 0.2) is 23.1 Å². The summed E-state index contributed by atoms with van der Waals surface area (Å²) in [6.07, 6.45) is 0.146. The number of urea groups is 1. The fourth-order valence-electron chi connectivity index (χ4n) is 4.72. The maximum absolute atomic E-state index is 14.1. The molecule has 0 spiro atoms. The van der Waals surface area contributed by atoms with Gasteiger partial charge in [0, 0.05) is 57.4 Å². The molecule has 1 aromatic carbocycles. The number of aromatic hydroxyl groups is 1. The minimum Gasteiger partial charge on any atom is -0.493 e. The van der Waals surface area contributed by atoms with Crippen molar-refractivity contribution < 1.29 is 27.9 Å². The highest BCUT2D eigenvalue weighted by molar-refractivity contribution is 7.89. The monoisotopic (exact) mass is 547 g/mol. The second-order valence-electron chi connectivity index (χ2n) is 11.5. The number of sulfonamides is 1. The van der Waals surface area contributed by atoms with Gasteiger partial charge in [-0.25, -0.2) is 23.0 Å². The van der Waals surface area contributed by atoms with Gasteiger partial charge in [-0.2, -0.15) is 4.31 Å². The molecule has 38 heavy (non-hydrogen) atoms. The van der Waals surface area contributed by atoms with Crippen LogP contribution in [-0.4, -0.2) is 96.2 Å². The van der Waals surface area contributed by atoms with Gasteiger partial charge in [-0.15, -0.1) is 0 Å². The Hall–Kier alpha value is -3.28. The SMILES string of the molecule is Cc1cc(O)nc2cc(S(=O)(=O)N(C(=O)OC(C)(C)C)C3(C)CC3)cc(N3CCN(C(=O)N(C)C)CC3)c12. The molecule has 4 rings (SSSR count). The molecule has 0 radical (unpaired) electrons. The molecular formula is C26H37N5O6S. The molecule has 11 nitrogen and oxygen atoms in total. The average molecular weight is 548 g/mol. The van der Waals surface area contributed by atoms with Gasteiger partial charge in [0.15, 0.2) is 0 Å². The second kappa shape index (κ2) is 9.48. The van der Waals surface area contributed by atoms with Gasteiger partial charge in [0.1, 0.15) is 5.60 Å². The standard InChI is InChI=1S/C26H37N5O6S/c1-17-14-21(32)27-19-15-18(38(35,36)31(26(5)8-9-26)24(34)37-25(2,3)4)16-20(22(17)19)29-10-12-30(13-11-29)23(33)28(6)7/h14-16H,8-13H2,1-7H3,(H,27,32). The molecule has 2 aliphatic rings. The zero-order chi connectivity index (χ0) is 28.2. The predicted octanol–water partition coefficient (Wildman–Crippen LogP) is 3.53. The van der Waals surface area contributed by atoms with Crippen LogP contribution in [0.5, 0.6) is 5.88 Å². The third-order valence-electron chi connectivity index (χ3n) is 6.88. The number of amides is 3. The van der Waals surface area contributed by atoms with Gasteiger partial charge in [-0.05, 0) is 65.2 Å². The number of aromatic nitrogens is 1. The van der Waals surface area contributed by atoms with Crippen LogP contribution in [0, 0.1) is 6.92 Å². The molecule has 1 aliphatic heterocycles. The molecule has 1 aromatic heterocycles. The molecule has 2 fully saturated rings. The number of hydrogen-bond acceptors (Lipinski definition) is 8. The van der Waals surface area contributed by atoms with E-state index in [2.05, 4.69) is 4.98 Å². The van der Waals surface area contributed by atoms with Crippen LogP contribution in [0.4, 0.5) is 15.3 Å². The van der Waals surface area contributed by atoms with Crippen LogP contribution in [0.2, 0.25) is 0 Å². The first-order chi connectivity index (χ1) is 17.5. The maximum Gasteiger partial charge on any atom is 0.424 e. The number of pyridine rings is 1. The molecular weight excluding hydrogens is 510 g/mol. The molecule has 1 N–H and O–H groups in total. The highest BCUT2D eigenvalue weighted by Crippen LogP contribution is 2.46. The smallest absolute Gasteiger partial charge is 0.424 e. The lowest BCUT2D eigenvalue weighted by molar-refractivity contribution is 0.0331. The third kappa shape index (κ3) is 5.31. The Morgan fingerprint density at radius 1 is 1.08 bits per heavy atom. The average Bonchev–Trinajstić information content (AvgIpc) is 3.53. The van der Waals surface area contributed by atoms with Crippen LogP contribution >= 0.6 is 0 Å². The van der Waals surface area contributed by atoms with Crippen LogP contribution in [-0.2, 0) is 14.8 Å². The van der Waals surface area contributed by atoms with E-state index in [1.165, 1.54) is 17.0 Å². The van der Waals surface area contributed by atoms with Crippen LogP contribution in [0.3, 0.4) is 0 Å². The Balaban J connectivity index is 1.81. The minimum atomic E-state index is -4.34. The summed E-state index contributed by atoms with van der Waals surface area (Å²) in [6.45, 7) is 10.5. The summed E-state index contributed by atoms with van der Waals surface area (Å²) < 4.78 is 34.5. The number of ether oxygens (including phenoxy) is 1. The molecule has 0 unspecified atom stereocenters. The summed E-state index contributed by atoms with van der Waals surface area (Å²) in [6, 6.07) is 4.41. The van der Waals surface area contributed by atoms with Crippen molar-refractivity contribution in [2.75, 3.05) is 45.2 Å². The molecule has 2 aromatic rings. The van der Waals surface area contributed by atoms with Crippen molar-refractivity contribution in [1.82, 2.24) is 19.1 Å². The predicted molar refractivity (Wildman–Crippen MR) is 144 cm³/mol. The summed E-state index contributed by atoms with van der Waals surface area (Å²) in [5.74, 6) is -0.227. The molecule has 2 heterocycles. The Kier molecular flexibility index (Phi) is 6.92. The Bertz CT molecular complexity index is 1370. The van der Waals surface area contributed by atoms with Gasteiger partial charge in [0.25, 0.3) is 10.0 Å². The first-order valence-corrected chi connectivity index (χ1v) is 14.1. The summed E-state index contributed by atoms with van der Waals surface area (Å²) in [5, 5.41) is 10.9. The number of fused-ring (bicyclic) bond motifs is 1. The van der Waals surface area contributed by atoms with Crippen molar-refractivity contribution in [3.05, 3.63) is 23.8 Å². The number of anilines is 1. The highest BCUT2D eigenvalue weighted by atomic mass is 32.2. The fraction of sp³-hybridized carbons (Fsp3) is 0.577. The molecule has 12 heteroatoms. The van der Waals surface area contributed by atoms with Gasteiger partial charge < -0.3 is 24.5 Å². The van der Waals surface area contributed by atoms with Gasteiger partial charge in [-0.1, -0.05) is 0 Å². The topological polar surface area (TPSA) is 124 Å². The summed E-state index contributed by atoms with van der Waals surface area (Å²) in [7, 11) is -0.936. The van der Waals surface area contributed by atoms with E-state index in [1.54, 1.807) is 52.8 Å². The van der Waals surface area contributed by atoms with E-state index < -0.39 is 27.3 Å². The number of benzene rings is 1. The molecule has 0 atom stereocenters. The zero-order valence-corrected chi connectivity index (χ0v) is 23.9. The van der Waals surface area contributed by atoms with Gasteiger partial charge >= 0.3 is 12.1 Å². The number of rotatable bonds is 4. The van der Waals surface area contributed by atoms with E-state index in [4.69, 9.17) is 4.74 Å². The first kappa shape index (κ1) is 27.7. The number of piperazine rings is 1. The Labute approximate surface area is 224 Å². The quantitative estimate of drug-likeness (QED) is 0.617. The summed E-state index contributed by atoms with van der Waals surface area (Å²) >= 11 is 0. The lowest BCUT2D eigenvalue weighted by Crippen LogP contribution is -2.51. The number of hydrogen-bond donors (Lipinski definition) is 1. The van der Waals surface area contributed by atoms with Gasteiger partial charge in [0.05, 0.1) is 16.0 Å². The number of aryl methyl sites for hydroxylation is 1. The summed E-state index contributed by atoms with van der Waals surface area (Å²) in [4.78, 5) is 35.0. The zero-order valence-electron chi connectivity index (χ0n) is 23.1. The van der Waals surface area contributed by atoms with Crippen molar-refractivity contribution in [2.45, 2.75) is 63.5 Å². The normalized spacial score (nSPS) is 17.3. The molecule has 1 saturated heterocycles. The van der Waals surface area contributed by atoms with Crippen molar-refractivity contribution in [1.29, 1.82) is 0 Å². The second-order valence-corrected chi connectivity index (χ2v) is 13.3. The minimum absolute atomic E-state index is 0.0840. The number of carbonyl (C=O) groups is 2. The largest absolute Gasteiger partial charge is 0.493 e. The van der Waals surface area contributed by atoms with E-state index in [0.717, 1.165) is 9.87 Å². The van der Waals surface area contributed by atoms with E-state index in [1.807, 2.05) is 11.8 Å². The Morgan fingerprint density at radius 3 is 2.21 bits per heavy atom. The maximum atomic E-state index is 14.1. The Morgan fingerprint density at radius 2 is 1.68 bits per heavy atom. The van der Waals surface area contributed by atoms with E-state index in [9.17, 15) is 23.1 Å². The van der Waals surface area contributed by atoms with Crippen LogP contribution < -0.4 is 4.90 Å². The fourth-order valence-corrected chi connectivity index (χ4v) is 6.45. The molecule has 208 valence electrons. The summed E-state index contributed by atoms with van der Waals surface area (Å²) in [5.41, 5.74) is -0.102. The van der Waals surface area contributed by atoms with Crippen LogP contribution in [0.25, 0.3) is 10.9 Å². The first-order valence-electron chi connectivity index (χ1n) is 12.7. The highest BCUT2D eigenvalue weighted by Gasteiger charge is 2.53. The number of nitrogens with zero attached hydrogens (tertiary/aromatic N) is 5. The third-order valence-corrected chi connectivity index (χ3v) is 8.78. The van der Waals surface area contributed by atoms with Crippen molar-refractivity contribution in [2.24, 2.45) is 0 Å². The molecule has 1 aliphatic carbocycles. The molecule has 1 saturated carbocycles. The van der Waals surface area contributed by atoms with Crippen molar-refractivity contribution in [3.8, 4) is 5.88 Å². The lowest BCUT2D eigenvalue weighted by Gasteiger charge is -2.38. The molecule has 3 amide bonds. The van der Waals surface area contributed by atoms with E-state index in [-0.39, 0.29) is 16.8 Å². The molecule has 0 bridgehead atoms. The van der Waals surface area contributed by atoms with Gasteiger partial charge in [0.2, 0.25) is 5.88 Å².